The minimum absolute atomic E-state index is 0.0251. The SMILES string of the molecule is N#Cc1c(S(=O)(=O)C(F)(F)F)ccc(Oc2cc(F)cc(Cl)c2)c1Cl. The quantitative estimate of drug-likeness (QED) is 0.657. The van der Waals surface area contributed by atoms with Gasteiger partial charge in [-0.2, -0.15) is 18.4 Å². The van der Waals surface area contributed by atoms with Crippen LogP contribution in [-0.2, 0) is 9.84 Å². The molecule has 0 fully saturated rings. The summed E-state index contributed by atoms with van der Waals surface area (Å²) in [5.74, 6) is -1.25. The van der Waals surface area contributed by atoms with Gasteiger partial charge in [0.05, 0.1) is 10.5 Å². The van der Waals surface area contributed by atoms with E-state index in [4.69, 9.17) is 33.2 Å². The predicted molar refractivity (Wildman–Crippen MR) is 80.9 cm³/mol. The van der Waals surface area contributed by atoms with Gasteiger partial charge in [-0.25, -0.2) is 12.8 Å². The molecule has 0 amide bonds. The molecule has 0 atom stereocenters. The maximum atomic E-state index is 13.3. The third kappa shape index (κ3) is 3.81. The first-order valence-electron chi connectivity index (χ1n) is 6.15. The number of nitrogens with zero attached hydrogens (tertiary/aromatic N) is 1. The van der Waals surface area contributed by atoms with Crippen molar-refractivity contribution < 1.29 is 30.7 Å². The van der Waals surface area contributed by atoms with Gasteiger partial charge in [0.2, 0.25) is 0 Å². The first-order chi connectivity index (χ1) is 11.5. The Morgan fingerprint density at radius 2 is 1.76 bits per heavy atom. The van der Waals surface area contributed by atoms with Crippen LogP contribution in [0.1, 0.15) is 5.56 Å². The number of hydrogen-bond donors (Lipinski definition) is 0. The van der Waals surface area contributed by atoms with Crippen molar-refractivity contribution in [2.24, 2.45) is 0 Å². The van der Waals surface area contributed by atoms with Crippen molar-refractivity contribution in [3.63, 3.8) is 0 Å². The number of nitriles is 1. The maximum Gasteiger partial charge on any atom is 0.501 e. The molecule has 0 saturated carbocycles. The van der Waals surface area contributed by atoms with E-state index < -0.39 is 36.6 Å². The Morgan fingerprint density at radius 1 is 1.12 bits per heavy atom. The molecule has 0 unspecified atom stereocenters. The van der Waals surface area contributed by atoms with Crippen molar-refractivity contribution in [2.45, 2.75) is 10.4 Å². The summed E-state index contributed by atoms with van der Waals surface area (Å²) in [4.78, 5) is -1.31. The molecular weight excluding hydrogens is 409 g/mol. The standard InChI is InChI=1S/C14H5Cl2F4NO3S/c15-7-3-8(17)5-9(4-7)24-11-1-2-12(10(6-21)13(11)16)25(22,23)14(18,19)20/h1-5H. The van der Waals surface area contributed by atoms with Gasteiger partial charge in [-0.05, 0) is 24.3 Å². The van der Waals surface area contributed by atoms with E-state index in [1.165, 1.54) is 12.1 Å². The predicted octanol–water partition coefficient (Wildman–Crippen LogP) is 5.09. The van der Waals surface area contributed by atoms with E-state index in [1.807, 2.05) is 0 Å². The highest BCUT2D eigenvalue weighted by Crippen LogP contribution is 2.39. The van der Waals surface area contributed by atoms with Crippen molar-refractivity contribution in [2.75, 3.05) is 0 Å². The Balaban J connectivity index is 2.57. The number of ether oxygens (including phenoxy) is 1. The fourth-order valence-electron chi connectivity index (χ4n) is 1.79. The maximum absolute atomic E-state index is 13.3. The summed E-state index contributed by atoms with van der Waals surface area (Å²) >= 11 is 11.4. The van der Waals surface area contributed by atoms with Gasteiger partial charge in [-0.1, -0.05) is 23.2 Å². The zero-order valence-electron chi connectivity index (χ0n) is 11.7. The lowest BCUT2D eigenvalue weighted by Gasteiger charge is -2.13. The molecule has 25 heavy (non-hydrogen) atoms. The lowest BCUT2D eigenvalue weighted by molar-refractivity contribution is -0.0436. The minimum atomic E-state index is -5.79. The summed E-state index contributed by atoms with van der Waals surface area (Å²) in [6.45, 7) is 0. The van der Waals surface area contributed by atoms with Crippen LogP contribution in [0.2, 0.25) is 10.0 Å². The molecule has 0 aliphatic carbocycles. The number of hydrogen-bond acceptors (Lipinski definition) is 4. The topological polar surface area (TPSA) is 67.2 Å². The van der Waals surface area contributed by atoms with E-state index in [0.29, 0.717) is 6.07 Å². The van der Waals surface area contributed by atoms with Crippen LogP contribution >= 0.6 is 23.2 Å². The second kappa shape index (κ2) is 6.71. The second-order valence-corrected chi connectivity index (χ2v) is 7.24. The van der Waals surface area contributed by atoms with Crippen LogP contribution in [0, 0.1) is 17.1 Å². The van der Waals surface area contributed by atoms with E-state index in [2.05, 4.69) is 0 Å². The summed E-state index contributed by atoms with van der Waals surface area (Å²) in [7, 11) is -5.79. The molecule has 4 nitrogen and oxygen atoms in total. The molecule has 0 aromatic heterocycles. The zero-order chi connectivity index (χ0) is 19.0. The molecule has 0 bridgehead atoms. The number of halogens is 6. The van der Waals surface area contributed by atoms with Crippen LogP contribution in [0.25, 0.3) is 0 Å². The van der Waals surface area contributed by atoms with E-state index in [9.17, 15) is 26.0 Å². The molecule has 132 valence electrons. The molecule has 0 aliphatic heterocycles. The molecule has 2 aromatic rings. The molecule has 0 aliphatic rings. The van der Waals surface area contributed by atoms with Crippen LogP contribution in [0.15, 0.2) is 35.2 Å². The minimum Gasteiger partial charge on any atom is -0.456 e. The van der Waals surface area contributed by atoms with E-state index in [-0.39, 0.29) is 16.5 Å². The van der Waals surface area contributed by atoms with Gasteiger partial charge in [0.15, 0.2) is 0 Å². The van der Waals surface area contributed by atoms with Crippen LogP contribution in [0.4, 0.5) is 17.6 Å². The van der Waals surface area contributed by atoms with Gasteiger partial charge in [0, 0.05) is 11.1 Å². The van der Waals surface area contributed by atoms with Crippen molar-refractivity contribution in [3.05, 3.63) is 51.8 Å². The average molecular weight is 414 g/mol. The Kier molecular flexibility index (Phi) is 5.18. The smallest absolute Gasteiger partial charge is 0.456 e. The number of benzene rings is 2. The number of sulfone groups is 1. The van der Waals surface area contributed by atoms with Crippen LogP contribution in [-0.4, -0.2) is 13.9 Å². The third-order valence-electron chi connectivity index (χ3n) is 2.84. The highest BCUT2D eigenvalue weighted by molar-refractivity contribution is 7.92. The summed E-state index contributed by atoms with van der Waals surface area (Å²) < 4.78 is 79.5. The van der Waals surface area contributed by atoms with E-state index >= 15 is 0 Å². The van der Waals surface area contributed by atoms with Crippen molar-refractivity contribution >= 4 is 33.0 Å². The van der Waals surface area contributed by atoms with E-state index in [0.717, 1.165) is 18.2 Å². The molecule has 0 spiro atoms. The molecule has 0 N–H and O–H groups in total. The van der Waals surface area contributed by atoms with Crippen LogP contribution < -0.4 is 4.74 Å². The van der Waals surface area contributed by atoms with E-state index in [1.54, 1.807) is 0 Å². The molecule has 0 saturated heterocycles. The summed E-state index contributed by atoms with van der Waals surface area (Å²) in [5.41, 5.74) is -6.56. The Labute approximate surface area is 149 Å². The summed E-state index contributed by atoms with van der Waals surface area (Å²) in [5, 5.41) is 8.31. The second-order valence-electron chi connectivity index (χ2n) is 4.52. The highest BCUT2D eigenvalue weighted by atomic mass is 35.5. The first kappa shape index (κ1) is 19.3. The Hall–Kier alpha value is -2.02. The number of alkyl halides is 3. The third-order valence-corrected chi connectivity index (χ3v) is 4.96. The Morgan fingerprint density at radius 3 is 2.28 bits per heavy atom. The van der Waals surface area contributed by atoms with Gasteiger partial charge in [0.25, 0.3) is 9.84 Å². The number of rotatable bonds is 3. The lowest BCUT2D eigenvalue weighted by Crippen LogP contribution is -2.24. The van der Waals surface area contributed by atoms with Crippen molar-refractivity contribution in [3.8, 4) is 17.6 Å². The first-order valence-corrected chi connectivity index (χ1v) is 8.39. The lowest BCUT2D eigenvalue weighted by atomic mass is 10.2. The molecular formula is C14H5Cl2F4NO3S. The monoisotopic (exact) mass is 413 g/mol. The summed E-state index contributed by atoms with van der Waals surface area (Å²) in [6.07, 6.45) is 0. The molecule has 11 heteroatoms. The fraction of sp³-hybridized carbons (Fsp3) is 0.0714. The van der Waals surface area contributed by atoms with Gasteiger partial charge in [-0.15, -0.1) is 0 Å². The zero-order valence-corrected chi connectivity index (χ0v) is 14.1. The molecule has 0 heterocycles. The average Bonchev–Trinajstić information content (AvgIpc) is 2.46. The molecule has 2 aromatic carbocycles. The van der Waals surface area contributed by atoms with Crippen molar-refractivity contribution in [1.29, 1.82) is 5.26 Å². The molecule has 0 radical (unpaired) electrons. The van der Waals surface area contributed by atoms with Gasteiger partial charge >= 0.3 is 5.51 Å². The van der Waals surface area contributed by atoms with Crippen LogP contribution in [0.3, 0.4) is 0 Å². The largest absolute Gasteiger partial charge is 0.501 e. The normalized spacial score (nSPS) is 11.9. The van der Waals surface area contributed by atoms with Crippen LogP contribution in [0.5, 0.6) is 11.5 Å². The molecule has 2 rings (SSSR count). The summed E-state index contributed by atoms with van der Waals surface area (Å²) in [6, 6.07) is 5.73. The van der Waals surface area contributed by atoms with Gasteiger partial charge < -0.3 is 4.74 Å². The van der Waals surface area contributed by atoms with Gasteiger partial charge in [0.1, 0.15) is 28.4 Å². The highest BCUT2D eigenvalue weighted by Gasteiger charge is 2.48. The fourth-order valence-corrected chi connectivity index (χ4v) is 3.21. The Bertz CT molecular complexity index is 965. The van der Waals surface area contributed by atoms with Gasteiger partial charge in [-0.3, -0.25) is 0 Å². The van der Waals surface area contributed by atoms with Crippen molar-refractivity contribution in [1.82, 2.24) is 0 Å².